The van der Waals surface area contributed by atoms with Gasteiger partial charge in [-0.05, 0) is 0 Å². The molecule has 0 aromatic heterocycles. The average Bonchev–Trinajstić information content (AvgIpc) is 3.37. The Labute approximate surface area is 417 Å². The normalized spacial score (nSPS) is 11.4. The Balaban J connectivity index is 0.00000490. The molecular weight excluding hydrogens is 1030 g/mol. The van der Waals surface area contributed by atoms with Crippen LogP contribution in [0.15, 0.2) is 109 Å². The van der Waals surface area contributed by atoms with Crippen LogP contribution in [0.3, 0.4) is 0 Å². The first kappa shape index (κ1) is 54.3. The van der Waals surface area contributed by atoms with Gasteiger partial charge in [0, 0.05) is 0 Å². The van der Waals surface area contributed by atoms with Crippen molar-refractivity contribution in [2.75, 3.05) is 97.6 Å². The van der Waals surface area contributed by atoms with Gasteiger partial charge in [-0.2, -0.15) is 0 Å². The van der Waals surface area contributed by atoms with Gasteiger partial charge in [0.25, 0.3) is 0 Å². The molecule has 16 heteroatoms. The molecule has 0 bridgehead atoms. The van der Waals surface area contributed by atoms with Gasteiger partial charge in [0.2, 0.25) is 0 Å². The topological polar surface area (TPSA) is 111 Å². The van der Waals surface area contributed by atoms with Gasteiger partial charge in [0.1, 0.15) is 0 Å². The SMILES string of the molecule is Br.Br.COc1ccc([PH](CCC[PH](c2ccc(OC)cc2OC)(c2ccc(OC)cc2OC)c2ccc(OC)cc2OC)(c2ccc(OC)cc2OC)c2ccc(OC)cc2OC)c(OC)c1. The van der Waals surface area contributed by atoms with Crippen molar-refractivity contribution < 1.29 is 56.8 Å². The van der Waals surface area contributed by atoms with Gasteiger partial charge in [-0.15, -0.1) is 34.0 Å². The first-order chi connectivity index (χ1) is 31.6. The molecule has 0 heterocycles. The summed E-state index contributed by atoms with van der Waals surface area (Å²) in [5, 5.41) is 5.95. The number of ether oxygens (including phenoxy) is 12. The molecule has 6 aromatic rings. The van der Waals surface area contributed by atoms with Crippen LogP contribution in [0.25, 0.3) is 0 Å². The zero-order valence-electron chi connectivity index (χ0n) is 40.2. The summed E-state index contributed by atoms with van der Waals surface area (Å²) in [5.74, 6) is 7.97. The molecule has 0 fully saturated rings. The molecule has 364 valence electrons. The van der Waals surface area contributed by atoms with Crippen LogP contribution in [-0.4, -0.2) is 97.6 Å². The molecule has 0 saturated carbocycles. The third-order valence-electron chi connectivity index (χ3n) is 12.3. The Hall–Kier alpha value is -5.26. The molecule has 0 aliphatic rings. The predicted molar refractivity (Wildman–Crippen MR) is 287 cm³/mol. The quantitative estimate of drug-likeness (QED) is 0.0614. The average molecular weight is 1090 g/mol. The van der Waals surface area contributed by atoms with Crippen molar-refractivity contribution in [3.05, 3.63) is 109 Å². The molecule has 0 spiro atoms. The van der Waals surface area contributed by atoms with E-state index in [2.05, 4.69) is 36.4 Å². The van der Waals surface area contributed by atoms with Crippen LogP contribution in [0.4, 0.5) is 0 Å². The van der Waals surface area contributed by atoms with Crippen molar-refractivity contribution in [2.24, 2.45) is 0 Å². The maximum atomic E-state index is 6.33. The summed E-state index contributed by atoms with van der Waals surface area (Å²) < 4.78 is 72.6. The van der Waals surface area contributed by atoms with E-state index in [-0.39, 0.29) is 34.0 Å². The molecular formula is C51H64Br2O12P2. The standard InChI is InChI=1S/C51H62O12P2.2BrH/c1-52-34-14-20-46(40(28-34)58-7)64(47-21-15-35(53-2)29-41(47)59-8,48-22-16-36(54-3)30-42(48)60-9)26-13-27-65(49-23-17-37(55-4)31-43(49)61-10,50-24-18-38(56-5)32-44(50)62-11)51-25-19-39(57-6)33-45(51)63-12;;/h14-25,28-33,64-65H,13,26-27H2,1-12H3;2*1H. The molecule has 0 atom stereocenters. The van der Waals surface area contributed by atoms with Crippen molar-refractivity contribution >= 4 is 80.3 Å². The van der Waals surface area contributed by atoms with E-state index in [1.807, 2.05) is 72.8 Å². The Morgan fingerprint density at radius 2 is 0.418 bits per heavy atom. The van der Waals surface area contributed by atoms with Crippen LogP contribution < -0.4 is 88.7 Å². The summed E-state index contributed by atoms with van der Waals surface area (Å²) in [6, 6.07) is 36.2. The molecule has 0 saturated heterocycles. The van der Waals surface area contributed by atoms with Crippen LogP contribution in [0, 0.1) is 0 Å². The van der Waals surface area contributed by atoms with Crippen LogP contribution in [0.1, 0.15) is 6.42 Å². The first-order valence-electron chi connectivity index (χ1n) is 21.0. The molecule has 6 rings (SSSR count). The van der Waals surface area contributed by atoms with E-state index in [0.29, 0.717) is 87.7 Å². The molecule has 0 unspecified atom stereocenters. The number of halogens is 2. The van der Waals surface area contributed by atoms with Crippen LogP contribution >= 0.6 is 48.5 Å². The Morgan fingerprint density at radius 1 is 0.254 bits per heavy atom. The minimum atomic E-state index is -3.41. The van der Waals surface area contributed by atoms with E-state index < -0.39 is 14.5 Å². The fraction of sp³-hybridized carbons (Fsp3) is 0.294. The third-order valence-corrected chi connectivity index (χ3v) is 22.5. The second kappa shape index (κ2) is 24.7. The van der Waals surface area contributed by atoms with Gasteiger partial charge in [0.05, 0.1) is 0 Å². The molecule has 12 nitrogen and oxygen atoms in total. The van der Waals surface area contributed by atoms with Crippen molar-refractivity contribution in [3.8, 4) is 69.0 Å². The summed E-state index contributed by atoms with van der Waals surface area (Å²) >= 11 is 0. The molecule has 0 aliphatic carbocycles. The van der Waals surface area contributed by atoms with E-state index in [1.54, 1.807) is 85.3 Å². The van der Waals surface area contributed by atoms with Crippen LogP contribution in [0.5, 0.6) is 69.0 Å². The third kappa shape index (κ3) is 10.6. The number of methoxy groups -OCH3 is 12. The summed E-state index contributed by atoms with van der Waals surface area (Å²) in [4.78, 5) is 0. The number of benzene rings is 6. The van der Waals surface area contributed by atoms with E-state index in [4.69, 9.17) is 56.8 Å². The zero-order valence-corrected chi connectivity index (χ0v) is 45.7. The van der Waals surface area contributed by atoms with E-state index in [1.165, 1.54) is 0 Å². The number of hydrogen-bond acceptors (Lipinski definition) is 12. The van der Waals surface area contributed by atoms with Crippen LogP contribution in [-0.2, 0) is 0 Å². The summed E-state index contributed by atoms with van der Waals surface area (Å²) in [7, 11) is 13.2. The molecule has 0 amide bonds. The maximum absolute atomic E-state index is 6.33. The van der Waals surface area contributed by atoms with Gasteiger partial charge < -0.3 is 0 Å². The molecule has 67 heavy (non-hydrogen) atoms. The van der Waals surface area contributed by atoms with Crippen molar-refractivity contribution in [1.29, 1.82) is 0 Å². The summed E-state index contributed by atoms with van der Waals surface area (Å²) in [6.07, 6.45) is 1.91. The Morgan fingerprint density at radius 3 is 0.552 bits per heavy atom. The van der Waals surface area contributed by atoms with Crippen molar-refractivity contribution in [3.63, 3.8) is 0 Å². The predicted octanol–water partition coefficient (Wildman–Crippen LogP) is 8.09. The summed E-state index contributed by atoms with van der Waals surface area (Å²) in [5.41, 5.74) is 0. The van der Waals surface area contributed by atoms with Crippen molar-refractivity contribution in [1.82, 2.24) is 0 Å². The van der Waals surface area contributed by atoms with Gasteiger partial charge in [0.15, 0.2) is 0 Å². The van der Waals surface area contributed by atoms with Gasteiger partial charge in [-0.3, -0.25) is 0 Å². The second-order valence-corrected chi connectivity index (χ2v) is 22.9. The fourth-order valence-corrected chi connectivity index (χ4v) is 20.1. The van der Waals surface area contributed by atoms with Crippen LogP contribution in [0.2, 0.25) is 0 Å². The van der Waals surface area contributed by atoms with Gasteiger partial charge in [-0.25, -0.2) is 0 Å². The van der Waals surface area contributed by atoms with Crippen molar-refractivity contribution in [2.45, 2.75) is 6.42 Å². The Bertz CT molecular complexity index is 2130. The molecule has 0 radical (unpaired) electrons. The first-order valence-corrected chi connectivity index (χ1v) is 25.4. The monoisotopic (exact) mass is 1090 g/mol. The molecule has 0 aliphatic heterocycles. The van der Waals surface area contributed by atoms with E-state index in [9.17, 15) is 0 Å². The summed E-state index contributed by atoms with van der Waals surface area (Å²) in [6.45, 7) is 0. The number of rotatable bonds is 22. The Kier molecular flexibility index (Phi) is 20.0. The molecule has 6 aromatic carbocycles. The van der Waals surface area contributed by atoms with Gasteiger partial charge >= 0.3 is 385 Å². The second-order valence-electron chi connectivity index (χ2n) is 15.1. The van der Waals surface area contributed by atoms with E-state index in [0.717, 1.165) is 31.8 Å². The number of hydrogen-bond donors (Lipinski definition) is 0. The fourth-order valence-electron chi connectivity index (χ4n) is 9.20. The minimum absolute atomic E-state index is 0. The van der Waals surface area contributed by atoms with E-state index >= 15 is 0 Å². The molecule has 0 N–H and O–H groups in total. The van der Waals surface area contributed by atoms with Gasteiger partial charge in [-0.1, -0.05) is 0 Å². The zero-order chi connectivity index (χ0) is 46.7.